The van der Waals surface area contributed by atoms with E-state index in [4.69, 9.17) is 0 Å². The topological polar surface area (TPSA) is 3.24 Å². The number of nitrogens with zero attached hydrogens (tertiary/aromatic N) is 1. The fraction of sp³-hybridized carbons (Fsp3) is 0.311. The SMILES string of the molecule is CC(C)(C)c1cccc(-c2ccccc2N(c2cc(-c3ccc(-c4cc(C(C)(C)C)cc(C(C)(C)C)c4)cc3)cc(C(C)(C)C)c2)c2ccc3c(c2)C(C)(C)c2ccccc2-3)c1. The Kier molecular flexibility index (Phi) is 10.6. The quantitative estimate of drug-likeness (QED) is 0.162. The lowest BCUT2D eigenvalue weighted by Crippen LogP contribution is -2.18. The third kappa shape index (κ3) is 8.20. The third-order valence-electron chi connectivity index (χ3n) is 13.3. The molecule has 7 aromatic carbocycles. The molecule has 7 aromatic rings. The van der Waals surface area contributed by atoms with Gasteiger partial charge in [0, 0.05) is 22.4 Å². The fourth-order valence-corrected chi connectivity index (χ4v) is 9.18. The van der Waals surface area contributed by atoms with E-state index in [0.717, 1.165) is 17.1 Å². The Morgan fingerprint density at radius 3 is 1.39 bits per heavy atom. The smallest absolute Gasteiger partial charge is 0.0540 e. The van der Waals surface area contributed by atoms with Crippen molar-refractivity contribution in [1.29, 1.82) is 0 Å². The van der Waals surface area contributed by atoms with E-state index in [-0.39, 0.29) is 27.1 Å². The molecule has 0 saturated heterocycles. The summed E-state index contributed by atoms with van der Waals surface area (Å²) in [5, 5.41) is 0. The number of rotatable bonds is 6. The zero-order valence-electron chi connectivity index (χ0n) is 39.9. The molecule has 0 spiro atoms. The van der Waals surface area contributed by atoms with E-state index in [2.05, 4.69) is 253 Å². The molecule has 0 amide bonds. The van der Waals surface area contributed by atoms with Gasteiger partial charge in [-0.25, -0.2) is 0 Å². The molecule has 1 heteroatoms. The van der Waals surface area contributed by atoms with Crippen LogP contribution in [0.3, 0.4) is 0 Å². The maximum Gasteiger partial charge on any atom is 0.0540 e. The first-order chi connectivity index (χ1) is 29.0. The molecule has 1 nitrogen and oxygen atoms in total. The zero-order valence-corrected chi connectivity index (χ0v) is 39.9. The molecule has 0 heterocycles. The summed E-state index contributed by atoms with van der Waals surface area (Å²) >= 11 is 0. The molecule has 0 unspecified atom stereocenters. The lowest BCUT2D eigenvalue weighted by atomic mass is 9.79. The normalized spacial score (nSPS) is 13.8. The molecule has 0 atom stereocenters. The van der Waals surface area contributed by atoms with Gasteiger partial charge in [0.05, 0.1) is 5.69 Å². The highest BCUT2D eigenvalue weighted by molar-refractivity contribution is 5.92. The van der Waals surface area contributed by atoms with Crippen LogP contribution in [-0.4, -0.2) is 0 Å². The predicted molar refractivity (Wildman–Crippen MR) is 270 cm³/mol. The maximum atomic E-state index is 2.53. The summed E-state index contributed by atoms with van der Waals surface area (Å²) in [4.78, 5) is 2.53. The predicted octanol–water partition coefficient (Wildman–Crippen LogP) is 17.7. The van der Waals surface area contributed by atoms with E-state index in [1.807, 2.05) is 0 Å². The monoisotopic (exact) mass is 814 g/mol. The molecule has 0 aromatic heterocycles. The van der Waals surface area contributed by atoms with E-state index in [0.29, 0.717) is 0 Å². The molecule has 1 aliphatic carbocycles. The van der Waals surface area contributed by atoms with E-state index < -0.39 is 0 Å². The minimum absolute atomic E-state index is 0.0287. The van der Waals surface area contributed by atoms with Gasteiger partial charge in [-0.15, -0.1) is 0 Å². The first-order valence-electron chi connectivity index (χ1n) is 22.7. The van der Waals surface area contributed by atoms with Crippen LogP contribution in [0.4, 0.5) is 17.1 Å². The van der Waals surface area contributed by atoms with Crippen LogP contribution in [-0.2, 0) is 27.1 Å². The van der Waals surface area contributed by atoms with Gasteiger partial charge >= 0.3 is 0 Å². The molecule has 8 rings (SSSR count). The summed E-state index contributed by atoms with van der Waals surface area (Å²) in [6.45, 7) is 32.5. The lowest BCUT2D eigenvalue weighted by molar-refractivity contribution is 0.569. The maximum absolute atomic E-state index is 2.53. The fourth-order valence-electron chi connectivity index (χ4n) is 9.18. The minimum Gasteiger partial charge on any atom is -0.310 e. The Balaban J connectivity index is 1.33. The Hall–Kier alpha value is -5.66. The van der Waals surface area contributed by atoms with Crippen LogP contribution in [0.1, 0.15) is 130 Å². The van der Waals surface area contributed by atoms with E-state index in [9.17, 15) is 0 Å². The lowest BCUT2D eigenvalue weighted by Gasteiger charge is -2.32. The Morgan fingerprint density at radius 2 is 0.806 bits per heavy atom. The van der Waals surface area contributed by atoms with Gasteiger partial charge in [0.25, 0.3) is 0 Å². The van der Waals surface area contributed by atoms with Crippen molar-refractivity contribution < 1.29 is 0 Å². The van der Waals surface area contributed by atoms with Gasteiger partial charge in [0.1, 0.15) is 0 Å². The number of benzene rings is 7. The standard InChI is InChI=1S/C61H67N/c1-57(2,3)45-21-19-20-42(32-45)51-22-16-18-25-56(51)62(49-30-31-53-52-23-15-17-24-54(52)61(13,14)55(53)39-49)50-36-44(35-48(38-50)60(10,11)12)41-28-26-40(27-29-41)43-33-46(58(4,5)6)37-47(34-43)59(7,8)9/h15-39H,1-14H3. The number of para-hydroxylation sites is 1. The van der Waals surface area contributed by atoms with Crippen LogP contribution < -0.4 is 4.90 Å². The van der Waals surface area contributed by atoms with Gasteiger partial charge in [-0.1, -0.05) is 218 Å². The van der Waals surface area contributed by atoms with E-state index >= 15 is 0 Å². The molecule has 62 heavy (non-hydrogen) atoms. The van der Waals surface area contributed by atoms with Crippen LogP contribution in [0.5, 0.6) is 0 Å². The molecule has 0 aliphatic heterocycles. The molecule has 316 valence electrons. The summed E-state index contributed by atoms with van der Waals surface area (Å²) < 4.78 is 0. The van der Waals surface area contributed by atoms with Crippen molar-refractivity contribution in [3.8, 4) is 44.5 Å². The zero-order chi connectivity index (χ0) is 44.6. The van der Waals surface area contributed by atoms with E-state index in [1.54, 1.807) is 0 Å². The number of anilines is 3. The van der Waals surface area contributed by atoms with Gasteiger partial charge in [-0.2, -0.15) is 0 Å². The highest BCUT2D eigenvalue weighted by Gasteiger charge is 2.36. The third-order valence-corrected chi connectivity index (χ3v) is 13.3. The van der Waals surface area contributed by atoms with Crippen LogP contribution in [0, 0.1) is 0 Å². The summed E-state index contributed by atoms with van der Waals surface area (Å²) in [5.41, 5.74) is 21.5. The average Bonchev–Trinajstić information content (AvgIpc) is 3.45. The summed E-state index contributed by atoms with van der Waals surface area (Å²) in [5.74, 6) is 0. The first-order valence-corrected chi connectivity index (χ1v) is 22.7. The summed E-state index contributed by atoms with van der Waals surface area (Å²) in [6, 6.07) is 58.0. The van der Waals surface area contributed by atoms with Gasteiger partial charge in [-0.3, -0.25) is 0 Å². The largest absolute Gasteiger partial charge is 0.310 e. The molecule has 0 radical (unpaired) electrons. The van der Waals surface area contributed by atoms with Crippen LogP contribution >= 0.6 is 0 Å². The molecule has 0 N–H and O–H groups in total. The van der Waals surface area contributed by atoms with Crippen molar-refractivity contribution in [1.82, 2.24) is 0 Å². The number of hydrogen-bond acceptors (Lipinski definition) is 1. The van der Waals surface area contributed by atoms with Gasteiger partial charge in [-0.05, 0) is 124 Å². The van der Waals surface area contributed by atoms with Crippen molar-refractivity contribution in [3.05, 3.63) is 185 Å². The number of fused-ring (bicyclic) bond motifs is 3. The highest BCUT2D eigenvalue weighted by Crippen LogP contribution is 2.52. The summed E-state index contributed by atoms with van der Waals surface area (Å²) in [6.07, 6.45) is 0. The van der Waals surface area contributed by atoms with Crippen LogP contribution in [0.25, 0.3) is 44.5 Å². The molecule has 0 saturated carbocycles. The van der Waals surface area contributed by atoms with Crippen molar-refractivity contribution >= 4 is 17.1 Å². The Morgan fingerprint density at radius 1 is 0.323 bits per heavy atom. The Bertz CT molecular complexity index is 2750. The molecule has 0 fully saturated rings. The first kappa shape index (κ1) is 43.0. The van der Waals surface area contributed by atoms with Crippen LogP contribution in [0.2, 0.25) is 0 Å². The van der Waals surface area contributed by atoms with Crippen molar-refractivity contribution in [2.45, 2.75) is 124 Å². The second-order valence-electron chi connectivity index (χ2n) is 22.5. The molecule has 0 bridgehead atoms. The van der Waals surface area contributed by atoms with Gasteiger partial charge in [0.2, 0.25) is 0 Å². The molecular formula is C61H67N. The van der Waals surface area contributed by atoms with E-state index in [1.165, 1.54) is 77.9 Å². The molecular weight excluding hydrogens is 747 g/mol. The second-order valence-corrected chi connectivity index (χ2v) is 22.5. The summed E-state index contributed by atoms with van der Waals surface area (Å²) in [7, 11) is 0. The van der Waals surface area contributed by atoms with Gasteiger partial charge < -0.3 is 4.90 Å². The van der Waals surface area contributed by atoms with Crippen molar-refractivity contribution in [2.75, 3.05) is 4.90 Å². The molecule has 1 aliphatic rings. The highest BCUT2D eigenvalue weighted by atomic mass is 15.1. The average molecular weight is 814 g/mol. The minimum atomic E-state index is -0.131. The van der Waals surface area contributed by atoms with Crippen molar-refractivity contribution in [2.24, 2.45) is 0 Å². The van der Waals surface area contributed by atoms with Gasteiger partial charge in [0.15, 0.2) is 0 Å². The Labute approximate surface area is 373 Å². The van der Waals surface area contributed by atoms with Crippen molar-refractivity contribution in [3.63, 3.8) is 0 Å². The van der Waals surface area contributed by atoms with Crippen LogP contribution in [0.15, 0.2) is 152 Å². The number of hydrogen-bond donors (Lipinski definition) is 0. The second kappa shape index (κ2) is 15.3.